The zero-order valence-electron chi connectivity index (χ0n) is 14.7. The Hall–Kier alpha value is -2.40. The minimum absolute atomic E-state index is 0.0172. The highest BCUT2D eigenvalue weighted by molar-refractivity contribution is 6.00. The van der Waals surface area contributed by atoms with Crippen LogP contribution < -0.4 is 5.73 Å². The molecule has 25 heavy (non-hydrogen) atoms. The molecule has 2 N–H and O–H groups in total. The number of nitrogens with zero attached hydrogens (tertiary/aromatic N) is 2. The molecule has 0 aliphatic carbocycles. The monoisotopic (exact) mass is 341 g/mol. The lowest BCUT2D eigenvalue weighted by Gasteiger charge is -2.29. The molecule has 1 atom stereocenters. The summed E-state index contributed by atoms with van der Waals surface area (Å²) in [5.74, 6) is -0.360. The molecule has 0 fully saturated rings. The van der Waals surface area contributed by atoms with Gasteiger partial charge in [-0.2, -0.15) is 0 Å². The van der Waals surface area contributed by atoms with Crippen LogP contribution in [0.4, 0.5) is 10.1 Å². The molecule has 0 spiro atoms. The molecule has 4 nitrogen and oxygen atoms in total. The van der Waals surface area contributed by atoms with E-state index < -0.39 is 0 Å². The van der Waals surface area contributed by atoms with Gasteiger partial charge in [0.1, 0.15) is 5.82 Å². The number of fused-ring (bicyclic) bond motifs is 1. The molecule has 1 amide bonds. The van der Waals surface area contributed by atoms with E-state index in [1.807, 2.05) is 29.2 Å². The van der Waals surface area contributed by atoms with E-state index in [1.54, 1.807) is 6.07 Å². The Kier molecular flexibility index (Phi) is 5.04. The van der Waals surface area contributed by atoms with Crippen LogP contribution in [0.1, 0.15) is 41.4 Å². The lowest BCUT2D eigenvalue weighted by atomic mass is 9.96. The van der Waals surface area contributed by atoms with Gasteiger partial charge in [-0.3, -0.25) is 4.79 Å². The zero-order chi connectivity index (χ0) is 18.0. The van der Waals surface area contributed by atoms with Crippen LogP contribution >= 0.6 is 0 Å². The van der Waals surface area contributed by atoms with Crippen molar-refractivity contribution in [2.24, 2.45) is 0 Å². The molecule has 0 saturated heterocycles. The molecule has 0 saturated carbocycles. The number of halogens is 1. The van der Waals surface area contributed by atoms with E-state index in [-0.39, 0.29) is 17.8 Å². The van der Waals surface area contributed by atoms with E-state index in [1.165, 1.54) is 12.1 Å². The summed E-state index contributed by atoms with van der Waals surface area (Å²) in [5.41, 5.74) is 8.85. The van der Waals surface area contributed by atoms with Crippen LogP contribution in [-0.2, 0) is 0 Å². The van der Waals surface area contributed by atoms with Gasteiger partial charge >= 0.3 is 0 Å². The number of anilines is 1. The van der Waals surface area contributed by atoms with Crippen LogP contribution in [0.5, 0.6) is 0 Å². The van der Waals surface area contributed by atoms with Crippen LogP contribution in [-0.4, -0.2) is 41.9 Å². The van der Waals surface area contributed by atoms with Gasteiger partial charge in [0.2, 0.25) is 0 Å². The molecule has 0 bridgehead atoms. The number of carbonyl (C=O) groups is 1. The molecule has 0 aromatic heterocycles. The average molecular weight is 341 g/mol. The summed E-state index contributed by atoms with van der Waals surface area (Å²) in [5, 5.41) is 0. The topological polar surface area (TPSA) is 49.6 Å². The zero-order valence-corrected chi connectivity index (χ0v) is 14.7. The van der Waals surface area contributed by atoms with E-state index >= 15 is 0 Å². The van der Waals surface area contributed by atoms with Gasteiger partial charge < -0.3 is 15.5 Å². The van der Waals surface area contributed by atoms with Crippen molar-refractivity contribution in [3.8, 4) is 0 Å². The Labute approximate surface area is 148 Å². The van der Waals surface area contributed by atoms with Crippen molar-refractivity contribution in [3.05, 3.63) is 65.0 Å². The Morgan fingerprint density at radius 3 is 2.56 bits per heavy atom. The number of rotatable bonds is 6. The van der Waals surface area contributed by atoms with Gasteiger partial charge in [-0.1, -0.05) is 32.0 Å². The first-order valence-electron chi connectivity index (χ1n) is 8.74. The van der Waals surface area contributed by atoms with Crippen LogP contribution in [0.15, 0.2) is 42.5 Å². The average Bonchev–Trinajstić information content (AvgIpc) is 2.90. The molecule has 1 aliphatic heterocycles. The molecule has 1 unspecified atom stereocenters. The smallest absolute Gasteiger partial charge is 0.255 e. The summed E-state index contributed by atoms with van der Waals surface area (Å²) in [4.78, 5) is 17.0. The minimum atomic E-state index is -0.343. The number of hydrogen-bond donors (Lipinski definition) is 1. The molecule has 3 rings (SSSR count). The lowest BCUT2D eigenvalue weighted by Crippen LogP contribution is -2.37. The molecule has 2 aromatic carbocycles. The molecule has 1 heterocycles. The summed E-state index contributed by atoms with van der Waals surface area (Å²) in [6.45, 7) is 7.42. The third-order valence-corrected chi connectivity index (χ3v) is 4.95. The molecule has 0 radical (unpaired) electrons. The van der Waals surface area contributed by atoms with Gasteiger partial charge in [-0.05, 0) is 42.9 Å². The van der Waals surface area contributed by atoms with E-state index in [2.05, 4.69) is 18.7 Å². The fourth-order valence-corrected chi connectivity index (χ4v) is 3.51. The predicted octanol–water partition coefficient (Wildman–Crippen LogP) is 3.29. The Bertz CT molecular complexity index is 773. The highest BCUT2D eigenvalue weighted by atomic mass is 19.1. The highest BCUT2D eigenvalue weighted by Crippen LogP contribution is 2.40. The predicted molar refractivity (Wildman–Crippen MR) is 97.9 cm³/mol. The van der Waals surface area contributed by atoms with E-state index in [4.69, 9.17) is 5.73 Å². The van der Waals surface area contributed by atoms with Crippen molar-refractivity contribution in [1.82, 2.24) is 9.80 Å². The molecule has 2 aromatic rings. The number of carbonyl (C=O) groups excluding carboxylic acids is 1. The number of hydrogen-bond acceptors (Lipinski definition) is 3. The van der Waals surface area contributed by atoms with Gasteiger partial charge in [0, 0.05) is 29.9 Å². The maximum absolute atomic E-state index is 13.9. The second kappa shape index (κ2) is 7.23. The first kappa shape index (κ1) is 17.4. The first-order chi connectivity index (χ1) is 12.1. The Balaban J connectivity index is 2.01. The largest absolute Gasteiger partial charge is 0.398 e. The van der Waals surface area contributed by atoms with Crippen molar-refractivity contribution < 1.29 is 9.18 Å². The fraction of sp³-hybridized carbons (Fsp3) is 0.350. The Morgan fingerprint density at radius 1 is 1.12 bits per heavy atom. The van der Waals surface area contributed by atoms with Crippen molar-refractivity contribution in [3.63, 3.8) is 0 Å². The summed E-state index contributed by atoms with van der Waals surface area (Å²) in [6.07, 6.45) is 0. The van der Waals surface area contributed by atoms with Crippen molar-refractivity contribution in [1.29, 1.82) is 0 Å². The van der Waals surface area contributed by atoms with Gasteiger partial charge in [0.15, 0.2) is 0 Å². The summed E-state index contributed by atoms with van der Waals surface area (Å²) in [6, 6.07) is 11.5. The highest BCUT2D eigenvalue weighted by Gasteiger charge is 2.38. The van der Waals surface area contributed by atoms with Gasteiger partial charge in [0.05, 0.1) is 6.04 Å². The molecule has 132 valence electrons. The molecule has 1 aliphatic rings. The minimum Gasteiger partial charge on any atom is -0.398 e. The van der Waals surface area contributed by atoms with Crippen LogP contribution in [0.25, 0.3) is 0 Å². The maximum Gasteiger partial charge on any atom is 0.255 e. The van der Waals surface area contributed by atoms with E-state index in [0.29, 0.717) is 23.4 Å². The van der Waals surface area contributed by atoms with Crippen molar-refractivity contribution in [2.75, 3.05) is 31.9 Å². The number of nitrogen functional groups attached to an aromatic ring is 1. The van der Waals surface area contributed by atoms with Gasteiger partial charge in [0.25, 0.3) is 5.91 Å². The number of nitrogens with two attached hydrogens (primary N) is 1. The summed E-state index contributed by atoms with van der Waals surface area (Å²) < 4.78 is 13.9. The van der Waals surface area contributed by atoms with E-state index in [9.17, 15) is 9.18 Å². The van der Waals surface area contributed by atoms with Gasteiger partial charge in [-0.15, -0.1) is 0 Å². The number of amides is 1. The normalized spacial score (nSPS) is 16.6. The number of likely N-dealkylation sites (N-methyl/N-ethyl adjacent to an activating group) is 1. The van der Waals surface area contributed by atoms with E-state index in [0.717, 1.165) is 25.2 Å². The SMILES string of the molecule is CCN(CC)CCN1C(=O)c2ccccc2C1c1cc(F)ccc1N. The second-order valence-electron chi connectivity index (χ2n) is 6.29. The maximum atomic E-state index is 13.9. The Morgan fingerprint density at radius 2 is 1.84 bits per heavy atom. The second-order valence-corrected chi connectivity index (χ2v) is 6.29. The number of benzene rings is 2. The van der Waals surface area contributed by atoms with Gasteiger partial charge in [-0.25, -0.2) is 4.39 Å². The van der Waals surface area contributed by atoms with Crippen LogP contribution in [0, 0.1) is 5.82 Å². The van der Waals surface area contributed by atoms with Crippen LogP contribution in [0.2, 0.25) is 0 Å². The van der Waals surface area contributed by atoms with Crippen molar-refractivity contribution in [2.45, 2.75) is 19.9 Å². The quantitative estimate of drug-likeness (QED) is 0.820. The summed E-state index contributed by atoms with van der Waals surface area (Å²) in [7, 11) is 0. The third kappa shape index (κ3) is 3.24. The van der Waals surface area contributed by atoms with Crippen LogP contribution in [0.3, 0.4) is 0 Å². The first-order valence-corrected chi connectivity index (χ1v) is 8.74. The molecule has 5 heteroatoms. The third-order valence-electron chi connectivity index (χ3n) is 4.95. The lowest BCUT2D eigenvalue weighted by molar-refractivity contribution is 0.0729. The standard InChI is InChI=1S/C20H24FN3O/c1-3-23(4-2)11-12-24-19(17-13-14(21)9-10-18(17)22)15-7-5-6-8-16(15)20(24)25/h5-10,13,19H,3-4,11-12,22H2,1-2H3. The summed E-state index contributed by atoms with van der Waals surface area (Å²) >= 11 is 0. The van der Waals surface area contributed by atoms with Crippen molar-refractivity contribution >= 4 is 11.6 Å². The fourth-order valence-electron chi connectivity index (χ4n) is 3.51. The molecular weight excluding hydrogens is 317 g/mol. The molecular formula is C20H24FN3O.